The summed E-state index contributed by atoms with van der Waals surface area (Å²) >= 11 is 0. The zero-order valence-corrected chi connectivity index (χ0v) is 16.8. The maximum Gasteiger partial charge on any atom is 0.236 e. The third kappa shape index (κ3) is 3.63. The molecule has 3 saturated heterocycles. The van der Waals surface area contributed by atoms with E-state index in [1.54, 1.807) is 0 Å². The number of likely N-dealkylation sites (tertiary alicyclic amines) is 2. The first-order valence-corrected chi connectivity index (χ1v) is 10.4. The number of rotatable bonds is 5. The van der Waals surface area contributed by atoms with Gasteiger partial charge in [-0.3, -0.25) is 9.69 Å². The SMILES string of the molecule is Cc1noc([C@]23CN(C(=O)CCC(C)C)C[C@H]2CN(C2CCOCC2)C3)n1. The van der Waals surface area contributed by atoms with E-state index >= 15 is 0 Å². The Morgan fingerprint density at radius 3 is 2.70 bits per heavy atom. The zero-order chi connectivity index (χ0) is 19.0. The molecular formula is C20H32N4O3. The van der Waals surface area contributed by atoms with Gasteiger partial charge < -0.3 is 14.2 Å². The minimum absolute atomic E-state index is 0.215. The van der Waals surface area contributed by atoms with Gasteiger partial charge in [0.2, 0.25) is 11.8 Å². The molecule has 1 amide bonds. The van der Waals surface area contributed by atoms with E-state index in [1.807, 2.05) is 11.8 Å². The van der Waals surface area contributed by atoms with Gasteiger partial charge in [0.25, 0.3) is 0 Å². The first kappa shape index (κ1) is 18.9. The molecule has 0 aliphatic carbocycles. The van der Waals surface area contributed by atoms with E-state index in [0.29, 0.717) is 36.7 Å². The van der Waals surface area contributed by atoms with Crippen molar-refractivity contribution in [3.05, 3.63) is 11.7 Å². The lowest BCUT2D eigenvalue weighted by molar-refractivity contribution is -0.131. The van der Waals surface area contributed by atoms with Crippen LogP contribution in [-0.2, 0) is 14.9 Å². The highest BCUT2D eigenvalue weighted by atomic mass is 16.5. The summed E-state index contributed by atoms with van der Waals surface area (Å²) in [6.45, 7) is 11.3. The molecule has 1 aromatic rings. The summed E-state index contributed by atoms with van der Waals surface area (Å²) in [7, 11) is 0. The fourth-order valence-electron chi connectivity index (χ4n) is 4.99. The van der Waals surface area contributed by atoms with E-state index in [2.05, 4.69) is 28.9 Å². The summed E-state index contributed by atoms with van der Waals surface area (Å²) in [6.07, 6.45) is 3.75. The topological polar surface area (TPSA) is 71.7 Å². The Bertz CT molecular complexity index is 670. The lowest BCUT2D eigenvalue weighted by Crippen LogP contribution is -2.44. The van der Waals surface area contributed by atoms with Gasteiger partial charge in [0.05, 0.1) is 5.41 Å². The Morgan fingerprint density at radius 1 is 1.26 bits per heavy atom. The van der Waals surface area contributed by atoms with Gasteiger partial charge in [0.15, 0.2) is 5.82 Å². The molecule has 27 heavy (non-hydrogen) atoms. The van der Waals surface area contributed by atoms with Crippen LogP contribution >= 0.6 is 0 Å². The number of carbonyl (C=O) groups is 1. The highest BCUT2D eigenvalue weighted by Crippen LogP contribution is 2.45. The summed E-state index contributed by atoms with van der Waals surface area (Å²) in [4.78, 5) is 22.0. The first-order valence-electron chi connectivity index (χ1n) is 10.4. The fourth-order valence-corrected chi connectivity index (χ4v) is 4.99. The summed E-state index contributed by atoms with van der Waals surface area (Å²) in [5.74, 6) is 2.58. The van der Waals surface area contributed by atoms with E-state index < -0.39 is 0 Å². The van der Waals surface area contributed by atoms with Crippen LogP contribution in [0.4, 0.5) is 0 Å². The van der Waals surface area contributed by atoms with Crippen molar-refractivity contribution in [3.63, 3.8) is 0 Å². The second-order valence-electron chi connectivity index (χ2n) is 8.98. The highest BCUT2D eigenvalue weighted by Gasteiger charge is 2.58. The molecule has 0 aromatic carbocycles. The smallest absolute Gasteiger partial charge is 0.236 e. The van der Waals surface area contributed by atoms with Crippen LogP contribution in [0.3, 0.4) is 0 Å². The van der Waals surface area contributed by atoms with Crippen molar-refractivity contribution in [1.82, 2.24) is 19.9 Å². The van der Waals surface area contributed by atoms with Gasteiger partial charge in [0, 0.05) is 57.8 Å². The van der Waals surface area contributed by atoms with E-state index in [-0.39, 0.29) is 11.3 Å². The van der Waals surface area contributed by atoms with Crippen LogP contribution in [0.1, 0.15) is 51.2 Å². The van der Waals surface area contributed by atoms with Crippen molar-refractivity contribution < 1.29 is 14.1 Å². The molecule has 0 saturated carbocycles. The van der Waals surface area contributed by atoms with Crippen LogP contribution in [0.25, 0.3) is 0 Å². The average Bonchev–Trinajstić information content (AvgIpc) is 3.32. The molecule has 3 aliphatic heterocycles. The minimum atomic E-state index is -0.215. The quantitative estimate of drug-likeness (QED) is 0.783. The number of ether oxygens (including phenoxy) is 1. The molecule has 3 fully saturated rings. The van der Waals surface area contributed by atoms with E-state index in [1.165, 1.54) is 0 Å². The minimum Gasteiger partial charge on any atom is -0.381 e. The third-order valence-electron chi connectivity index (χ3n) is 6.58. The van der Waals surface area contributed by atoms with E-state index in [0.717, 1.165) is 58.0 Å². The van der Waals surface area contributed by atoms with Crippen LogP contribution < -0.4 is 0 Å². The molecule has 0 radical (unpaired) electrons. The molecule has 4 rings (SSSR count). The van der Waals surface area contributed by atoms with Crippen molar-refractivity contribution in [3.8, 4) is 0 Å². The molecule has 0 spiro atoms. The van der Waals surface area contributed by atoms with Crippen molar-refractivity contribution in [1.29, 1.82) is 0 Å². The van der Waals surface area contributed by atoms with Crippen molar-refractivity contribution in [2.45, 2.75) is 57.9 Å². The van der Waals surface area contributed by atoms with Crippen LogP contribution in [0.15, 0.2) is 4.52 Å². The number of aromatic nitrogens is 2. The molecule has 0 N–H and O–H groups in total. The normalized spacial score (nSPS) is 29.6. The fraction of sp³-hybridized carbons (Fsp3) is 0.850. The second kappa shape index (κ2) is 7.51. The van der Waals surface area contributed by atoms with Crippen molar-refractivity contribution >= 4 is 5.91 Å². The van der Waals surface area contributed by atoms with Crippen molar-refractivity contribution in [2.24, 2.45) is 11.8 Å². The lowest BCUT2D eigenvalue weighted by atomic mass is 9.81. The molecule has 0 unspecified atom stereocenters. The molecule has 7 heteroatoms. The van der Waals surface area contributed by atoms with Gasteiger partial charge in [-0.25, -0.2) is 0 Å². The molecule has 1 aromatic heterocycles. The van der Waals surface area contributed by atoms with Gasteiger partial charge in [-0.05, 0) is 32.1 Å². The van der Waals surface area contributed by atoms with Crippen molar-refractivity contribution in [2.75, 3.05) is 39.4 Å². The largest absolute Gasteiger partial charge is 0.381 e. The maximum atomic E-state index is 12.8. The maximum absolute atomic E-state index is 12.8. The van der Waals surface area contributed by atoms with Gasteiger partial charge in [-0.15, -0.1) is 0 Å². The Hall–Kier alpha value is -1.47. The van der Waals surface area contributed by atoms with E-state index in [4.69, 9.17) is 9.26 Å². The molecule has 2 atom stereocenters. The lowest BCUT2D eigenvalue weighted by Gasteiger charge is -2.33. The second-order valence-corrected chi connectivity index (χ2v) is 8.98. The Morgan fingerprint density at radius 2 is 2.04 bits per heavy atom. The number of amides is 1. The van der Waals surface area contributed by atoms with Crippen LogP contribution in [0.5, 0.6) is 0 Å². The van der Waals surface area contributed by atoms with Crippen LogP contribution in [0.2, 0.25) is 0 Å². The molecule has 7 nitrogen and oxygen atoms in total. The van der Waals surface area contributed by atoms with Gasteiger partial charge in [-0.1, -0.05) is 19.0 Å². The molecular weight excluding hydrogens is 344 g/mol. The van der Waals surface area contributed by atoms with E-state index in [9.17, 15) is 4.79 Å². The third-order valence-corrected chi connectivity index (χ3v) is 6.58. The standard InChI is InChI=1S/C20H32N4O3/c1-14(2)4-5-18(25)24-11-16-10-23(17-6-8-26-9-7-17)12-20(16,13-24)19-21-15(3)22-27-19/h14,16-17H,4-13H2,1-3H3/t16-,20-/m1/s1. The summed E-state index contributed by atoms with van der Waals surface area (Å²) in [6, 6.07) is 0.565. The summed E-state index contributed by atoms with van der Waals surface area (Å²) < 4.78 is 11.2. The average molecular weight is 377 g/mol. The number of hydrogen-bond acceptors (Lipinski definition) is 6. The number of nitrogens with zero attached hydrogens (tertiary/aromatic N) is 4. The summed E-state index contributed by atoms with van der Waals surface area (Å²) in [5, 5.41) is 4.06. The van der Waals surface area contributed by atoms with Gasteiger partial charge >= 0.3 is 0 Å². The Kier molecular flexibility index (Phi) is 5.25. The molecule has 150 valence electrons. The number of hydrogen-bond donors (Lipinski definition) is 0. The number of fused-ring (bicyclic) bond motifs is 1. The van der Waals surface area contributed by atoms with Gasteiger partial charge in [0.1, 0.15) is 0 Å². The zero-order valence-electron chi connectivity index (χ0n) is 16.8. The Labute approximate surface area is 161 Å². The molecule has 0 bridgehead atoms. The monoisotopic (exact) mass is 376 g/mol. The molecule has 3 aliphatic rings. The van der Waals surface area contributed by atoms with Crippen LogP contribution in [0, 0.1) is 18.8 Å². The number of aryl methyl sites for hydroxylation is 1. The first-order chi connectivity index (χ1) is 13.0. The predicted octanol–water partition coefficient (Wildman–Crippen LogP) is 2.01. The summed E-state index contributed by atoms with van der Waals surface area (Å²) in [5.41, 5.74) is -0.215. The number of carbonyl (C=O) groups excluding carboxylic acids is 1. The predicted molar refractivity (Wildman–Crippen MR) is 100 cm³/mol. The van der Waals surface area contributed by atoms with Gasteiger partial charge in [-0.2, -0.15) is 4.98 Å². The van der Waals surface area contributed by atoms with Crippen LogP contribution in [-0.4, -0.2) is 71.3 Å². The highest BCUT2D eigenvalue weighted by molar-refractivity contribution is 5.76. The Balaban J connectivity index is 1.53. The molecule has 4 heterocycles.